The molecule has 6 N–H and O–H groups in total. The third kappa shape index (κ3) is 8.77. The van der Waals surface area contributed by atoms with E-state index in [0.29, 0.717) is 0 Å². The van der Waals surface area contributed by atoms with Crippen LogP contribution in [0, 0.1) is 5.92 Å². The number of carboxylic acids is 5. The SMILES string of the molecule is O=C(O)CCC(CC(=O)c1cc(C(=O)O)cc(C(=O)N[C@@H](CCC(=O)O)C(=O)O)c1)C(=O)O. The van der Waals surface area contributed by atoms with Gasteiger partial charge in [-0.3, -0.25) is 24.0 Å². The fraction of sp³-hybridized carbons (Fsp3) is 0.350. The number of ketones is 1. The Morgan fingerprint density at radius 3 is 1.70 bits per heavy atom. The first-order valence-corrected chi connectivity index (χ1v) is 9.43. The molecule has 0 bridgehead atoms. The lowest BCUT2D eigenvalue weighted by molar-refractivity contribution is -0.143. The number of benzene rings is 1. The van der Waals surface area contributed by atoms with Crippen molar-refractivity contribution < 1.29 is 59.1 Å². The molecule has 0 radical (unpaired) electrons. The van der Waals surface area contributed by atoms with Gasteiger partial charge in [0, 0.05) is 30.4 Å². The van der Waals surface area contributed by atoms with Gasteiger partial charge >= 0.3 is 29.8 Å². The van der Waals surface area contributed by atoms with Gasteiger partial charge in [-0.25, -0.2) is 9.59 Å². The molecule has 0 fully saturated rings. The van der Waals surface area contributed by atoms with E-state index < -0.39 is 90.3 Å². The minimum absolute atomic E-state index is 0.348. The highest BCUT2D eigenvalue weighted by atomic mass is 16.4. The van der Waals surface area contributed by atoms with Crippen LogP contribution in [0.2, 0.25) is 0 Å². The molecule has 0 heterocycles. The maximum Gasteiger partial charge on any atom is 0.335 e. The number of aromatic carboxylic acids is 1. The molecule has 0 aliphatic heterocycles. The summed E-state index contributed by atoms with van der Waals surface area (Å²) < 4.78 is 0. The molecule has 0 saturated carbocycles. The standard InChI is InChI=1S/C20H21NO12/c22-14(8-9(18(28)29)1-3-15(23)24)10-5-11(7-12(6-10)19(30)31)17(27)21-13(20(32)33)2-4-16(25)26/h5-7,9,13H,1-4,8H2,(H,21,27)(H,23,24)(H,25,26)(H,28,29)(H,30,31)(H,32,33)/t9?,13-/m0/s1. The van der Waals surface area contributed by atoms with E-state index in [1.54, 1.807) is 0 Å². The van der Waals surface area contributed by atoms with E-state index in [1.165, 1.54) is 0 Å². The molecule has 33 heavy (non-hydrogen) atoms. The van der Waals surface area contributed by atoms with Crippen molar-refractivity contribution in [3.05, 3.63) is 34.9 Å². The van der Waals surface area contributed by atoms with E-state index in [1.807, 2.05) is 5.32 Å². The number of carboxylic acid groups (broad SMARTS) is 5. The largest absolute Gasteiger partial charge is 0.481 e. The van der Waals surface area contributed by atoms with E-state index in [0.717, 1.165) is 18.2 Å². The van der Waals surface area contributed by atoms with Crippen LogP contribution in [-0.4, -0.2) is 73.1 Å². The number of amides is 1. The number of rotatable bonds is 14. The highest BCUT2D eigenvalue weighted by molar-refractivity contribution is 6.05. The van der Waals surface area contributed by atoms with Crippen LogP contribution in [0.15, 0.2) is 18.2 Å². The number of carbonyl (C=O) groups excluding carboxylic acids is 2. The molecule has 13 heteroatoms. The van der Waals surface area contributed by atoms with Gasteiger partial charge in [0.2, 0.25) is 0 Å². The number of carbonyl (C=O) groups is 7. The Morgan fingerprint density at radius 2 is 1.21 bits per heavy atom. The van der Waals surface area contributed by atoms with Gasteiger partial charge in [-0.15, -0.1) is 0 Å². The zero-order valence-corrected chi connectivity index (χ0v) is 17.0. The molecular weight excluding hydrogens is 446 g/mol. The first-order valence-electron chi connectivity index (χ1n) is 9.43. The molecule has 1 aromatic carbocycles. The number of Topliss-reactive ketones (excluding diaryl/α,β-unsaturated/α-hetero) is 1. The van der Waals surface area contributed by atoms with E-state index in [2.05, 4.69) is 0 Å². The van der Waals surface area contributed by atoms with Crippen molar-refractivity contribution in [3.63, 3.8) is 0 Å². The summed E-state index contributed by atoms with van der Waals surface area (Å²) in [4.78, 5) is 80.4. The second-order valence-electron chi connectivity index (χ2n) is 7.00. The van der Waals surface area contributed by atoms with Gasteiger partial charge in [0.1, 0.15) is 6.04 Å². The van der Waals surface area contributed by atoms with Gasteiger partial charge in [-0.05, 0) is 31.0 Å². The molecule has 1 unspecified atom stereocenters. The fourth-order valence-corrected chi connectivity index (χ4v) is 2.76. The Bertz CT molecular complexity index is 915. The number of nitrogens with one attached hydrogen (secondary N) is 1. The van der Waals surface area contributed by atoms with Crippen LogP contribution in [-0.2, 0) is 19.2 Å². The lowest BCUT2D eigenvalue weighted by Gasteiger charge is -2.15. The fourth-order valence-electron chi connectivity index (χ4n) is 2.76. The van der Waals surface area contributed by atoms with Gasteiger partial charge in [0.05, 0.1) is 11.5 Å². The molecule has 0 saturated heterocycles. The highest BCUT2D eigenvalue weighted by Crippen LogP contribution is 2.19. The molecule has 0 spiro atoms. The second kappa shape index (κ2) is 11.9. The van der Waals surface area contributed by atoms with E-state index in [9.17, 15) is 43.8 Å². The average molecular weight is 467 g/mol. The van der Waals surface area contributed by atoms with Gasteiger partial charge in [0.25, 0.3) is 5.91 Å². The summed E-state index contributed by atoms with van der Waals surface area (Å²) in [5, 5.41) is 47.1. The lowest BCUT2D eigenvalue weighted by atomic mass is 9.92. The zero-order valence-electron chi connectivity index (χ0n) is 17.0. The van der Waals surface area contributed by atoms with Gasteiger partial charge in [-0.1, -0.05) is 0 Å². The van der Waals surface area contributed by atoms with Crippen LogP contribution in [0.3, 0.4) is 0 Å². The van der Waals surface area contributed by atoms with Gasteiger partial charge in [-0.2, -0.15) is 0 Å². The smallest absolute Gasteiger partial charge is 0.335 e. The van der Waals surface area contributed by atoms with E-state index in [-0.39, 0.29) is 12.0 Å². The quantitative estimate of drug-likeness (QED) is 0.206. The lowest BCUT2D eigenvalue weighted by Crippen LogP contribution is -2.41. The Balaban J connectivity index is 3.19. The van der Waals surface area contributed by atoms with Crippen molar-refractivity contribution in [2.24, 2.45) is 5.92 Å². The summed E-state index contributed by atoms with van der Waals surface area (Å²) in [6, 6.07) is 1.10. The van der Waals surface area contributed by atoms with Crippen molar-refractivity contribution in [2.75, 3.05) is 0 Å². The molecule has 13 nitrogen and oxygen atoms in total. The predicted octanol–water partition coefficient (Wildman–Crippen LogP) is 0.571. The molecule has 1 amide bonds. The van der Waals surface area contributed by atoms with Crippen LogP contribution >= 0.6 is 0 Å². The molecule has 178 valence electrons. The first-order chi connectivity index (χ1) is 15.3. The Morgan fingerprint density at radius 1 is 0.697 bits per heavy atom. The molecular formula is C20H21NO12. The number of hydrogen-bond acceptors (Lipinski definition) is 7. The Kier molecular flexibility index (Phi) is 9.67. The van der Waals surface area contributed by atoms with Gasteiger partial charge in [0.15, 0.2) is 5.78 Å². The maximum absolute atomic E-state index is 12.6. The molecule has 1 aromatic rings. The highest BCUT2D eigenvalue weighted by Gasteiger charge is 2.26. The predicted molar refractivity (Wildman–Crippen MR) is 106 cm³/mol. The van der Waals surface area contributed by atoms with Crippen LogP contribution in [0.25, 0.3) is 0 Å². The summed E-state index contributed by atoms with van der Waals surface area (Å²) in [7, 11) is 0. The topological polar surface area (TPSA) is 233 Å². The Labute approximate surface area is 185 Å². The van der Waals surface area contributed by atoms with Crippen molar-refractivity contribution in [3.8, 4) is 0 Å². The van der Waals surface area contributed by atoms with Crippen molar-refractivity contribution in [1.29, 1.82) is 0 Å². The minimum atomic E-state index is -1.60. The van der Waals surface area contributed by atoms with Crippen LogP contribution in [0.4, 0.5) is 0 Å². The van der Waals surface area contributed by atoms with E-state index in [4.69, 9.17) is 15.3 Å². The minimum Gasteiger partial charge on any atom is -0.481 e. The second-order valence-corrected chi connectivity index (χ2v) is 7.00. The average Bonchev–Trinajstić information content (AvgIpc) is 2.72. The summed E-state index contributed by atoms with van der Waals surface area (Å²) in [5.74, 6) is -10.4. The molecule has 0 aliphatic carbocycles. The summed E-state index contributed by atoms with van der Waals surface area (Å²) in [6.07, 6.45) is -2.55. The van der Waals surface area contributed by atoms with Crippen molar-refractivity contribution in [1.82, 2.24) is 5.32 Å². The van der Waals surface area contributed by atoms with Crippen molar-refractivity contribution in [2.45, 2.75) is 38.1 Å². The third-order valence-electron chi connectivity index (χ3n) is 4.50. The normalized spacial score (nSPS) is 12.2. The molecule has 0 aromatic heterocycles. The summed E-state index contributed by atoms with van der Waals surface area (Å²) in [6.45, 7) is 0. The summed E-state index contributed by atoms with van der Waals surface area (Å²) >= 11 is 0. The number of aliphatic carboxylic acids is 4. The van der Waals surface area contributed by atoms with Gasteiger partial charge < -0.3 is 30.8 Å². The Hall–Kier alpha value is -4.29. The van der Waals surface area contributed by atoms with Crippen LogP contribution < -0.4 is 5.32 Å². The molecule has 1 rings (SSSR count). The molecule has 2 atom stereocenters. The van der Waals surface area contributed by atoms with Crippen LogP contribution in [0.1, 0.15) is 63.2 Å². The number of hydrogen-bond donors (Lipinski definition) is 6. The van der Waals surface area contributed by atoms with Crippen LogP contribution in [0.5, 0.6) is 0 Å². The monoisotopic (exact) mass is 467 g/mol. The van der Waals surface area contributed by atoms with E-state index >= 15 is 0 Å². The first kappa shape index (κ1) is 26.7. The zero-order chi connectivity index (χ0) is 25.3. The molecule has 0 aliphatic rings. The summed E-state index contributed by atoms with van der Waals surface area (Å²) in [5.41, 5.74) is -1.28. The van der Waals surface area contributed by atoms with Crippen molar-refractivity contribution >= 4 is 41.5 Å². The maximum atomic E-state index is 12.6. The third-order valence-corrected chi connectivity index (χ3v) is 4.50.